The van der Waals surface area contributed by atoms with Gasteiger partial charge in [0, 0.05) is 11.1 Å². The maximum Gasteiger partial charge on any atom is 0.133 e. The van der Waals surface area contributed by atoms with Crippen LogP contribution < -0.4 is 4.74 Å². The fourth-order valence-corrected chi connectivity index (χ4v) is 2.15. The Morgan fingerprint density at radius 2 is 2.25 bits per heavy atom. The van der Waals surface area contributed by atoms with E-state index in [2.05, 4.69) is 0 Å². The van der Waals surface area contributed by atoms with Gasteiger partial charge in [0.2, 0.25) is 0 Å². The topological polar surface area (TPSA) is 29.5 Å². The van der Waals surface area contributed by atoms with Gasteiger partial charge in [0.05, 0.1) is 13.2 Å². The Bertz CT molecular complexity index is 399. The normalized spacial score (nSPS) is 14.8. The average molecular weight is 224 g/mol. The molecule has 0 atom stereocenters. The van der Waals surface area contributed by atoms with E-state index < -0.39 is 0 Å². The predicted molar refractivity (Wildman–Crippen MR) is 60.2 cm³/mol. The van der Waals surface area contributed by atoms with Gasteiger partial charge in [-0.25, -0.2) is 4.39 Å². The molecular weight excluding hydrogens is 207 g/mol. The molecule has 2 nitrogen and oxygen atoms in total. The molecule has 3 heteroatoms. The Morgan fingerprint density at radius 3 is 2.88 bits per heavy atom. The summed E-state index contributed by atoms with van der Waals surface area (Å²) in [7, 11) is 0. The summed E-state index contributed by atoms with van der Waals surface area (Å²) in [5.41, 5.74) is 2.02. The summed E-state index contributed by atoms with van der Waals surface area (Å²) in [4.78, 5) is 0. The molecule has 16 heavy (non-hydrogen) atoms. The van der Waals surface area contributed by atoms with Crippen LogP contribution >= 0.6 is 0 Å². The van der Waals surface area contributed by atoms with Gasteiger partial charge in [-0.1, -0.05) is 13.8 Å². The summed E-state index contributed by atoms with van der Waals surface area (Å²) in [5, 5.41) is 9.29. The Balaban J connectivity index is 2.60. The van der Waals surface area contributed by atoms with Gasteiger partial charge in [-0.15, -0.1) is 0 Å². The zero-order valence-electron chi connectivity index (χ0n) is 9.72. The molecule has 0 aromatic heterocycles. The number of hydrogen-bond acceptors (Lipinski definition) is 2. The minimum Gasteiger partial charge on any atom is -0.493 e. The minimum absolute atomic E-state index is 0.0949. The molecular formula is C13H17FO2. The van der Waals surface area contributed by atoms with Crippen molar-refractivity contribution in [3.63, 3.8) is 0 Å². The van der Waals surface area contributed by atoms with Crippen molar-refractivity contribution >= 4 is 0 Å². The van der Waals surface area contributed by atoms with E-state index in [1.54, 1.807) is 6.07 Å². The molecule has 0 unspecified atom stereocenters. The number of aliphatic hydroxyl groups excluding tert-OH is 1. The zero-order valence-corrected chi connectivity index (χ0v) is 9.72. The second-order valence-electron chi connectivity index (χ2n) is 4.51. The fourth-order valence-electron chi connectivity index (χ4n) is 2.15. The minimum atomic E-state index is -0.151. The molecule has 1 heterocycles. The highest BCUT2D eigenvalue weighted by Gasteiger charge is 2.22. The third kappa shape index (κ3) is 1.80. The SMILES string of the molecule is CC(C)c1cc(CO)c2c(c1F)CCCO2. The summed E-state index contributed by atoms with van der Waals surface area (Å²) < 4.78 is 19.6. The molecule has 0 saturated carbocycles. The van der Waals surface area contributed by atoms with Gasteiger partial charge < -0.3 is 9.84 Å². The van der Waals surface area contributed by atoms with E-state index in [1.165, 1.54) is 0 Å². The molecule has 0 aliphatic carbocycles. The van der Waals surface area contributed by atoms with Crippen molar-refractivity contribution in [1.29, 1.82) is 0 Å². The van der Waals surface area contributed by atoms with Crippen molar-refractivity contribution in [3.8, 4) is 5.75 Å². The molecule has 1 aromatic carbocycles. The van der Waals surface area contributed by atoms with Gasteiger partial charge in [0.15, 0.2) is 0 Å². The van der Waals surface area contributed by atoms with Crippen LogP contribution in [0.5, 0.6) is 5.75 Å². The molecule has 0 bridgehead atoms. The number of benzene rings is 1. The van der Waals surface area contributed by atoms with Crippen molar-refractivity contribution in [2.75, 3.05) is 6.61 Å². The Hall–Kier alpha value is -1.09. The maximum atomic E-state index is 14.2. The van der Waals surface area contributed by atoms with Crippen LogP contribution in [0.1, 0.15) is 42.9 Å². The van der Waals surface area contributed by atoms with Crippen LogP contribution in [0.2, 0.25) is 0 Å². The molecule has 0 amide bonds. The van der Waals surface area contributed by atoms with Crippen molar-refractivity contribution in [1.82, 2.24) is 0 Å². The molecule has 1 aliphatic heterocycles. The van der Waals surface area contributed by atoms with Crippen LogP contribution in [0.25, 0.3) is 0 Å². The largest absolute Gasteiger partial charge is 0.493 e. The molecule has 2 rings (SSSR count). The Kier molecular flexibility index (Phi) is 3.15. The van der Waals surface area contributed by atoms with Crippen molar-refractivity contribution < 1.29 is 14.2 Å². The smallest absolute Gasteiger partial charge is 0.133 e. The highest BCUT2D eigenvalue weighted by Crippen LogP contribution is 2.35. The van der Waals surface area contributed by atoms with Crippen LogP contribution in [0.4, 0.5) is 4.39 Å². The van der Waals surface area contributed by atoms with Gasteiger partial charge in [0.25, 0.3) is 0 Å². The first-order valence-corrected chi connectivity index (χ1v) is 5.73. The summed E-state index contributed by atoms with van der Waals surface area (Å²) >= 11 is 0. The standard InChI is InChI=1S/C13H17FO2/c1-8(2)11-6-9(7-15)13-10(12(11)14)4-3-5-16-13/h6,8,15H,3-5,7H2,1-2H3. The zero-order chi connectivity index (χ0) is 11.7. The summed E-state index contributed by atoms with van der Waals surface area (Å²) in [6.45, 7) is 4.42. The number of rotatable bonds is 2. The second kappa shape index (κ2) is 4.42. The first-order chi connectivity index (χ1) is 7.65. The van der Waals surface area contributed by atoms with E-state index in [-0.39, 0.29) is 18.3 Å². The van der Waals surface area contributed by atoms with Crippen LogP contribution in [0, 0.1) is 5.82 Å². The number of hydrogen-bond donors (Lipinski definition) is 1. The third-order valence-corrected chi connectivity index (χ3v) is 3.02. The molecule has 1 aromatic rings. The van der Waals surface area contributed by atoms with E-state index in [9.17, 15) is 9.50 Å². The van der Waals surface area contributed by atoms with E-state index in [1.807, 2.05) is 13.8 Å². The van der Waals surface area contributed by atoms with Gasteiger partial charge in [-0.2, -0.15) is 0 Å². The lowest BCUT2D eigenvalue weighted by Crippen LogP contribution is -2.14. The quantitative estimate of drug-likeness (QED) is 0.837. The molecule has 1 N–H and O–H groups in total. The Morgan fingerprint density at radius 1 is 1.50 bits per heavy atom. The lowest BCUT2D eigenvalue weighted by Gasteiger charge is -2.23. The molecule has 88 valence electrons. The monoisotopic (exact) mass is 224 g/mol. The summed E-state index contributed by atoms with van der Waals surface area (Å²) in [6.07, 6.45) is 1.55. The molecule has 0 saturated heterocycles. The van der Waals surface area contributed by atoms with Gasteiger partial charge in [0.1, 0.15) is 11.6 Å². The Labute approximate surface area is 95.1 Å². The van der Waals surface area contributed by atoms with Gasteiger partial charge in [-0.05, 0) is 30.4 Å². The van der Waals surface area contributed by atoms with Gasteiger partial charge in [-0.3, -0.25) is 0 Å². The highest BCUT2D eigenvalue weighted by molar-refractivity contribution is 5.47. The van der Waals surface area contributed by atoms with Gasteiger partial charge >= 0.3 is 0 Å². The van der Waals surface area contributed by atoms with E-state index in [0.717, 1.165) is 6.42 Å². The first-order valence-electron chi connectivity index (χ1n) is 5.73. The number of halogens is 1. The molecule has 0 fully saturated rings. The fraction of sp³-hybridized carbons (Fsp3) is 0.538. The third-order valence-electron chi connectivity index (χ3n) is 3.02. The predicted octanol–water partition coefficient (Wildman–Crippen LogP) is 2.77. The van der Waals surface area contributed by atoms with E-state index in [4.69, 9.17) is 4.74 Å². The maximum absolute atomic E-state index is 14.2. The average Bonchev–Trinajstić information content (AvgIpc) is 2.29. The van der Waals surface area contributed by atoms with Crippen molar-refractivity contribution in [2.24, 2.45) is 0 Å². The van der Waals surface area contributed by atoms with Crippen LogP contribution in [-0.2, 0) is 13.0 Å². The number of ether oxygens (including phenoxy) is 1. The lowest BCUT2D eigenvalue weighted by atomic mass is 9.93. The van der Waals surface area contributed by atoms with Crippen molar-refractivity contribution in [2.45, 2.75) is 39.2 Å². The van der Waals surface area contributed by atoms with Crippen LogP contribution in [-0.4, -0.2) is 11.7 Å². The van der Waals surface area contributed by atoms with E-state index >= 15 is 0 Å². The second-order valence-corrected chi connectivity index (χ2v) is 4.51. The van der Waals surface area contributed by atoms with Crippen LogP contribution in [0.15, 0.2) is 6.07 Å². The van der Waals surface area contributed by atoms with E-state index in [0.29, 0.717) is 35.5 Å². The summed E-state index contributed by atoms with van der Waals surface area (Å²) in [6, 6.07) is 1.73. The summed E-state index contributed by atoms with van der Waals surface area (Å²) in [5.74, 6) is 0.537. The van der Waals surface area contributed by atoms with Crippen LogP contribution in [0.3, 0.4) is 0 Å². The van der Waals surface area contributed by atoms with Crippen molar-refractivity contribution in [3.05, 3.63) is 28.6 Å². The first kappa shape index (κ1) is 11.4. The molecule has 0 spiro atoms. The lowest BCUT2D eigenvalue weighted by molar-refractivity contribution is 0.249. The molecule has 1 aliphatic rings. The highest BCUT2D eigenvalue weighted by atomic mass is 19.1. The number of fused-ring (bicyclic) bond motifs is 1. The molecule has 0 radical (unpaired) electrons. The number of aliphatic hydroxyl groups is 1.